The summed E-state index contributed by atoms with van der Waals surface area (Å²) >= 11 is 0. The van der Waals surface area contributed by atoms with Gasteiger partial charge in [0.05, 0.1) is 13.2 Å². The summed E-state index contributed by atoms with van der Waals surface area (Å²) in [5, 5.41) is 3.40. The highest BCUT2D eigenvalue weighted by Gasteiger charge is 2.31. The molecule has 108 valence electrons. The second kappa shape index (κ2) is 9.73. The molecule has 0 saturated heterocycles. The molecule has 0 radical (unpaired) electrons. The topological polar surface area (TPSA) is 33.7 Å². The Morgan fingerprint density at radius 1 is 1.11 bits per heavy atom. The van der Waals surface area contributed by atoms with E-state index >= 15 is 0 Å². The van der Waals surface area contributed by atoms with Crippen LogP contribution in [0.15, 0.2) is 0 Å². The molecule has 0 aromatic rings. The van der Waals surface area contributed by atoms with Crippen LogP contribution in [0.3, 0.4) is 0 Å². The standard InChI is InChI=1S/C14H30N2O2/c1-13(14-5-6-14)16(10-12-18-3)9-4-7-15-8-11-17-2/h13-15H,4-12H2,1-3H3. The van der Waals surface area contributed by atoms with Crippen LogP contribution in [0.2, 0.25) is 0 Å². The predicted molar refractivity (Wildman–Crippen MR) is 75.0 cm³/mol. The second-order valence-corrected chi connectivity index (χ2v) is 5.20. The summed E-state index contributed by atoms with van der Waals surface area (Å²) in [6.45, 7) is 8.26. The van der Waals surface area contributed by atoms with Crippen molar-refractivity contribution in [3.8, 4) is 0 Å². The van der Waals surface area contributed by atoms with Crippen molar-refractivity contribution < 1.29 is 9.47 Å². The molecule has 1 rings (SSSR count). The Kier molecular flexibility index (Phi) is 8.59. The third-order valence-corrected chi connectivity index (χ3v) is 3.74. The number of hydrogen-bond donors (Lipinski definition) is 1. The molecule has 1 atom stereocenters. The van der Waals surface area contributed by atoms with Gasteiger partial charge >= 0.3 is 0 Å². The minimum Gasteiger partial charge on any atom is -0.383 e. The summed E-state index contributed by atoms with van der Waals surface area (Å²) in [7, 11) is 3.53. The molecule has 1 fully saturated rings. The van der Waals surface area contributed by atoms with E-state index in [0.717, 1.165) is 44.8 Å². The minimum atomic E-state index is 0.721. The Balaban J connectivity index is 2.10. The largest absolute Gasteiger partial charge is 0.383 e. The van der Waals surface area contributed by atoms with Crippen LogP contribution in [0.4, 0.5) is 0 Å². The van der Waals surface area contributed by atoms with Gasteiger partial charge in [-0.25, -0.2) is 0 Å². The van der Waals surface area contributed by atoms with Gasteiger partial charge in [-0.1, -0.05) is 0 Å². The monoisotopic (exact) mass is 258 g/mol. The van der Waals surface area contributed by atoms with E-state index in [1.807, 2.05) is 0 Å². The third kappa shape index (κ3) is 6.69. The highest BCUT2D eigenvalue weighted by molar-refractivity contribution is 4.85. The van der Waals surface area contributed by atoms with E-state index in [1.54, 1.807) is 14.2 Å². The van der Waals surface area contributed by atoms with Crippen LogP contribution in [-0.4, -0.2) is 64.6 Å². The predicted octanol–water partition coefficient (Wildman–Crippen LogP) is 1.36. The zero-order valence-corrected chi connectivity index (χ0v) is 12.3. The number of ether oxygens (including phenoxy) is 2. The molecular weight excluding hydrogens is 228 g/mol. The van der Waals surface area contributed by atoms with Crippen molar-refractivity contribution in [2.45, 2.75) is 32.2 Å². The maximum absolute atomic E-state index is 5.21. The first-order valence-electron chi connectivity index (χ1n) is 7.22. The lowest BCUT2D eigenvalue weighted by molar-refractivity contribution is 0.115. The number of nitrogens with zero attached hydrogens (tertiary/aromatic N) is 1. The van der Waals surface area contributed by atoms with E-state index in [2.05, 4.69) is 17.1 Å². The first-order valence-corrected chi connectivity index (χ1v) is 7.22. The summed E-state index contributed by atoms with van der Waals surface area (Å²) in [5.41, 5.74) is 0. The Morgan fingerprint density at radius 3 is 2.44 bits per heavy atom. The summed E-state index contributed by atoms with van der Waals surface area (Å²) in [6.07, 6.45) is 4.03. The van der Waals surface area contributed by atoms with Crippen molar-refractivity contribution in [3.05, 3.63) is 0 Å². The molecule has 0 aromatic heterocycles. The Labute approximate surface area is 112 Å². The SMILES string of the molecule is COCCNCCCN(CCOC)C(C)C1CC1. The maximum atomic E-state index is 5.21. The van der Waals surface area contributed by atoms with Crippen LogP contribution in [0.25, 0.3) is 0 Å². The van der Waals surface area contributed by atoms with Gasteiger partial charge in [-0.3, -0.25) is 4.90 Å². The van der Waals surface area contributed by atoms with Crippen LogP contribution >= 0.6 is 0 Å². The van der Waals surface area contributed by atoms with Crippen molar-refractivity contribution >= 4 is 0 Å². The first-order chi connectivity index (χ1) is 8.79. The van der Waals surface area contributed by atoms with E-state index in [0.29, 0.717) is 0 Å². The summed E-state index contributed by atoms with van der Waals surface area (Å²) in [4.78, 5) is 2.58. The zero-order valence-electron chi connectivity index (χ0n) is 12.3. The lowest BCUT2D eigenvalue weighted by atomic mass is 10.1. The molecule has 4 heteroatoms. The van der Waals surface area contributed by atoms with E-state index in [4.69, 9.17) is 9.47 Å². The number of methoxy groups -OCH3 is 2. The van der Waals surface area contributed by atoms with Crippen molar-refractivity contribution in [3.63, 3.8) is 0 Å². The summed E-state index contributed by atoms with van der Waals surface area (Å²) < 4.78 is 10.2. The van der Waals surface area contributed by atoms with Crippen LogP contribution < -0.4 is 5.32 Å². The van der Waals surface area contributed by atoms with Gasteiger partial charge in [0.15, 0.2) is 0 Å². The molecular formula is C14H30N2O2. The van der Waals surface area contributed by atoms with Gasteiger partial charge in [0.1, 0.15) is 0 Å². The minimum absolute atomic E-state index is 0.721. The molecule has 1 N–H and O–H groups in total. The van der Waals surface area contributed by atoms with Gasteiger partial charge in [-0.15, -0.1) is 0 Å². The average Bonchev–Trinajstić information content (AvgIpc) is 3.20. The summed E-state index contributed by atoms with van der Waals surface area (Å²) in [6, 6.07) is 0.721. The molecule has 0 aromatic carbocycles. The van der Waals surface area contributed by atoms with Gasteiger partial charge in [-0.05, 0) is 45.2 Å². The highest BCUT2D eigenvalue weighted by atomic mass is 16.5. The molecule has 0 spiro atoms. The Hall–Kier alpha value is -0.160. The summed E-state index contributed by atoms with van der Waals surface area (Å²) in [5.74, 6) is 0.934. The van der Waals surface area contributed by atoms with E-state index in [1.165, 1.54) is 25.8 Å². The normalized spacial score (nSPS) is 17.3. The lowest BCUT2D eigenvalue weighted by Crippen LogP contribution is -2.39. The molecule has 1 aliphatic rings. The fourth-order valence-electron chi connectivity index (χ4n) is 2.31. The fraction of sp³-hybridized carbons (Fsp3) is 1.00. The third-order valence-electron chi connectivity index (χ3n) is 3.74. The van der Waals surface area contributed by atoms with Gasteiger partial charge in [0, 0.05) is 33.4 Å². The van der Waals surface area contributed by atoms with E-state index < -0.39 is 0 Å². The number of rotatable bonds is 12. The van der Waals surface area contributed by atoms with Crippen molar-refractivity contribution in [1.82, 2.24) is 10.2 Å². The number of nitrogens with one attached hydrogen (secondary N) is 1. The Bertz CT molecular complexity index is 198. The van der Waals surface area contributed by atoms with Crippen LogP contribution in [0, 0.1) is 5.92 Å². The highest BCUT2D eigenvalue weighted by Crippen LogP contribution is 2.35. The van der Waals surface area contributed by atoms with Crippen molar-refractivity contribution in [2.75, 3.05) is 53.6 Å². The molecule has 4 nitrogen and oxygen atoms in total. The van der Waals surface area contributed by atoms with Crippen LogP contribution in [0.1, 0.15) is 26.2 Å². The molecule has 0 amide bonds. The molecule has 0 bridgehead atoms. The van der Waals surface area contributed by atoms with Gasteiger partial charge in [0.25, 0.3) is 0 Å². The molecule has 18 heavy (non-hydrogen) atoms. The van der Waals surface area contributed by atoms with Crippen LogP contribution in [-0.2, 0) is 9.47 Å². The molecule has 1 unspecified atom stereocenters. The zero-order chi connectivity index (χ0) is 13.2. The second-order valence-electron chi connectivity index (χ2n) is 5.20. The maximum Gasteiger partial charge on any atom is 0.0589 e. The van der Waals surface area contributed by atoms with Crippen molar-refractivity contribution in [2.24, 2.45) is 5.92 Å². The molecule has 1 aliphatic carbocycles. The van der Waals surface area contributed by atoms with Crippen LogP contribution in [0.5, 0.6) is 0 Å². The lowest BCUT2D eigenvalue weighted by Gasteiger charge is -2.29. The smallest absolute Gasteiger partial charge is 0.0589 e. The quantitative estimate of drug-likeness (QED) is 0.536. The molecule has 1 saturated carbocycles. The number of hydrogen-bond acceptors (Lipinski definition) is 4. The van der Waals surface area contributed by atoms with Gasteiger partial charge < -0.3 is 14.8 Å². The Morgan fingerprint density at radius 2 is 1.83 bits per heavy atom. The van der Waals surface area contributed by atoms with Gasteiger partial charge in [-0.2, -0.15) is 0 Å². The van der Waals surface area contributed by atoms with Gasteiger partial charge in [0.2, 0.25) is 0 Å². The fourth-order valence-corrected chi connectivity index (χ4v) is 2.31. The van der Waals surface area contributed by atoms with Crippen molar-refractivity contribution in [1.29, 1.82) is 0 Å². The first kappa shape index (κ1) is 15.9. The van der Waals surface area contributed by atoms with E-state index in [-0.39, 0.29) is 0 Å². The molecule has 0 aliphatic heterocycles. The molecule has 0 heterocycles. The van der Waals surface area contributed by atoms with E-state index in [9.17, 15) is 0 Å². The average molecular weight is 258 g/mol.